The quantitative estimate of drug-likeness (QED) is 0.273. The van der Waals surface area contributed by atoms with E-state index in [0.717, 1.165) is 17.2 Å². The lowest BCUT2D eigenvalue weighted by molar-refractivity contribution is 0.262. The number of aromatic nitrogens is 2. The highest BCUT2D eigenvalue weighted by atomic mass is 35.5. The van der Waals surface area contributed by atoms with Crippen molar-refractivity contribution >= 4 is 86.3 Å². The van der Waals surface area contributed by atoms with Gasteiger partial charge in [0.2, 0.25) is 0 Å². The number of benzene rings is 2. The second-order valence-corrected chi connectivity index (χ2v) is 7.32. The zero-order chi connectivity index (χ0) is 20.0. The van der Waals surface area contributed by atoms with Crippen molar-refractivity contribution < 1.29 is 9.90 Å². The standard InChI is InChI=1S/C9H8N4OS.C6HCl5O/c14-9(12-8-6-10-13-15-8)11-7-4-2-1-3-5-7;7-1-2(8)4(10)6(12)5(11)3(1)9/h1-6H,(H2,11,12,14);12H. The van der Waals surface area contributed by atoms with Crippen molar-refractivity contribution in [1.29, 1.82) is 0 Å². The van der Waals surface area contributed by atoms with Gasteiger partial charge in [-0.1, -0.05) is 80.7 Å². The van der Waals surface area contributed by atoms with Gasteiger partial charge in [0.15, 0.2) is 5.75 Å². The number of carbonyl (C=O) groups excluding carboxylic acids is 1. The molecule has 3 rings (SSSR count). The molecule has 0 radical (unpaired) electrons. The molecule has 0 saturated heterocycles. The Kier molecular flexibility index (Phi) is 8.22. The number of halogens is 5. The number of nitrogens with zero attached hydrogens (tertiary/aromatic N) is 2. The van der Waals surface area contributed by atoms with Crippen LogP contribution in [-0.4, -0.2) is 20.7 Å². The molecule has 0 unspecified atom stereocenters. The van der Waals surface area contributed by atoms with Gasteiger partial charge in [-0.25, -0.2) is 4.79 Å². The van der Waals surface area contributed by atoms with Crippen molar-refractivity contribution in [2.75, 3.05) is 10.6 Å². The number of amides is 2. The van der Waals surface area contributed by atoms with Crippen molar-refractivity contribution in [3.63, 3.8) is 0 Å². The molecule has 0 spiro atoms. The number of phenols is 1. The lowest BCUT2D eigenvalue weighted by Gasteiger charge is -2.06. The summed E-state index contributed by atoms with van der Waals surface area (Å²) in [5, 5.41) is 18.5. The number of aromatic hydroxyl groups is 1. The molecule has 27 heavy (non-hydrogen) atoms. The minimum atomic E-state index is -0.363. The first-order valence-electron chi connectivity index (χ1n) is 6.92. The molecule has 0 fully saturated rings. The minimum Gasteiger partial charge on any atom is -0.505 e. The molecule has 0 aliphatic heterocycles. The fourth-order valence-corrected chi connectivity index (χ4v) is 3.15. The molecule has 0 aliphatic rings. The first kappa shape index (κ1) is 21.8. The summed E-state index contributed by atoms with van der Waals surface area (Å²) in [6.45, 7) is 0. The predicted octanol–water partition coefficient (Wildman–Crippen LogP) is 6.84. The highest BCUT2D eigenvalue weighted by molar-refractivity contribution is 7.10. The van der Waals surface area contributed by atoms with Crippen LogP contribution in [0.1, 0.15) is 0 Å². The Morgan fingerprint density at radius 3 is 1.96 bits per heavy atom. The van der Waals surface area contributed by atoms with Crippen LogP contribution in [0.2, 0.25) is 25.1 Å². The van der Waals surface area contributed by atoms with Crippen molar-refractivity contribution in [2.24, 2.45) is 0 Å². The number of para-hydroxylation sites is 1. The highest BCUT2D eigenvalue weighted by Gasteiger charge is 2.18. The molecule has 0 atom stereocenters. The summed E-state index contributed by atoms with van der Waals surface area (Å²) in [6.07, 6.45) is 1.50. The third kappa shape index (κ3) is 6.00. The summed E-state index contributed by atoms with van der Waals surface area (Å²) in [5.41, 5.74) is 0.743. The maximum atomic E-state index is 11.4. The number of nitrogens with one attached hydrogen (secondary N) is 2. The molecule has 1 heterocycles. The maximum Gasteiger partial charge on any atom is 0.324 e. The molecule has 0 bridgehead atoms. The summed E-state index contributed by atoms with van der Waals surface area (Å²) in [5.74, 6) is -0.363. The number of urea groups is 1. The summed E-state index contributed by atoms with van der Waals surface area (Å²) < 4.78 is 3.63. The summed E-state index contributed by atoms with van der Waals surface area (Å²) >= 11 is 29.0. The summed E-state index contributed by atoms with van der Waals surface area (Å²) in [6, 6.07) is 8.91. The van der Waals surface area contributed by atoms with E-state index in [1.54, 1.807) is 0 Å². The van der Waals surface area contributed by atoms with Gasteiger partial charge in [0.25, 0.3) is 0 Å². The largest absolute Gasteiger partial charge is 0.505 e. The third-order valence-electron chi connectivity index (χ3n) is 2.82. The van der Waals surface area contributed by atoms with Gasteiger partial charge in [0.1, 0.15) is 15.0 Å². The Balaban J connectivity index is 0.000000199. The Bertz CT molecular complexity index is 821. The summed E-state index contributed by atoms with van der Waals surface area (Å²) in [7, 11) is 0. The van der Waals surface area contributed by atoms with E-state index >= 15 is 0 Å². The number of rotatable bonds is 2. The van der Waals surface area contributed by atoms with E-state index in [-0.39, 0.29) is 36.9 Å². The van der Waals surface area contributed by atoms with Crippen LogP contribution in [0.5, 0.6) is 5.75 Å². The van der Waals surface area contributed by atoms with E-state index in [1.165, 1.54) is 6.20 Å². The molecule has 6 nitrogen and oxygen atoms in total. The van der Waals surface area contributed by atoms with Crippen LogP contribution in [0.3, 0.4) is 0 Å². The number of hydrogen-bond donors (Lipinski definition) is 3. The van der Waals surface area contributed by atoms with Crippen molar-refractivity contribution in [1.82, 2.24) is 9.59 Å². The van der Waals surface area contributed by atoms with E-state index in [4.69, 9.17) is 58.0 Å². The molecule has 12 heteroatoms. The summed E-state index contributed by atoms with van der Waals surface area (Å²) in [4.78, 5) is 11.4. The van der Waals surface area contributed by atoms with Gasteiger partial charge in [-0.2, -0.15) is 0 Å². The van der Waals surface area contributed by atoms with E-state index in [9.17, 15) is 9.90 Å². The fraction of sp³-hybridized carbons (Fsp3) is 0. The van der Waals surface area contributed by atoms with Crippen molar-refractivity contribution in [3.8, 4) is 5.75 Å². The third-order valence-corrected chi connectivity index (χ3v) is 5.65. The van der Waals surface area contributed by atoms with Crippen LogP contribution in [0, 0.1) is 0 Å². The van der Waals surface area contributed by atoms with Gasteiger partial charge < -0.3 is 10.4 Å². The van der Waals surface area contributed by atoms with Gasteiger partial charge >= 0.3 is 6.03 Å². The normalized spacial score (nSPS) is 9.96. The molecule has 3 aromatic rings. The Hall–Kier alpha value is -1.48. The molecular formula is C15H9Cl5N4O2S. The van der Waals surface area contributed by atoms with Gasteiger partial charge in [-0.05, 0) is 12.1 Å². The van der Waals surface area contributed by atoms with E-state index < -0.39 is 0 Å². The van der Waals surface area contributed by atoms with Gasteiger partial charge in [0.05, 0.1) is 21.3 Å². The van der Waals surface area contributed by atoms with E-state index in [0.29, 0.717) is 5.00 Å². The first-order chi connectivity index (χ1) is 12.8. The van der Waals surface area contributed by atoms with Crippen LogP contribution in [0.25, 0.3) is 0 Å². The van der Waals surface area contributed by atoms with Crippen LogP contribution in [0.15, 0.2) is 36.5 Å². The number of carbonyl (C=O) groups is 1. The van der Waals surface area contributed by atoms with Gasteiger partial charge in [-0.3, -0.25) is 5.32 Å². The lowest BCUT2D eigenvalue weighted by Crippen LogP contribution is -2.18. The number of anilines is 2. The second-order valence-electron chi connectivity index (χ2n) is 4.65. The van der Waals surface area contributed by atoms with Gasteiger partial charge in [0, 0.05) is 17.2 Å². The molecule has 1 aromatic heterocycles. The maximum absolute atomic E-state index is 11.4. The average molecular weight is 487 g/mol. The highest BCUT2D eigenvalue weighted by Crippen LogP contribution is 2.47. The Labute approximate surface area is 183 Å². The number of hydrogen-bond acceptors (Lipinski definition) is 5. The van der Waals surface area contributed by atoms with Crippen LogP contribution < -0.4 is 10.6 Å². The average Bonchev–Trinajstić information content (AvgIpc) is 3.17. The SMILES string of the molecule is O=C(Nc1ccccc1)Nc1cnns1.Oc1c(Cl)c(Cl)c(Cl)c(Cl)c1Cl. The van der Waals surface area contributed by atoms with E-state index in [2.05, 4.69) is 20.2 Å². The smallest absolute Gasteiger partial charge is 0.324 e. The van der Waals surface area contributed by atoms with Crippen LogP contribution >= 0.6 is 69.5 Å². The Morgan fingerprint density at radius 2 is 1.44 bits per heavy atom. The molecule has 2 amide bonds. The minimum absolute atomic E-state index is 0.00904. The zero-order valence-electron chi connectivity index (χ0n) is 13.0. The van der Waals surface area contributed by atoms with Crippen LogP contribution in [-0.2, 0) is 0 Å². The molecule has 3 N–H and O–H groups in total. The predicted molar refractivity (Wildman–Crippen MR) is 112 cm³/mol. The molecule has 0 aliphatic carbocycles. The monoisotopic (exact) mass is 484 g/mol. The van der Waals surface area contributed by atoms with E-state index in [1.807, 2.05) is 30.3 Å². The molecule has 0 saturated carbocycles. The van der Waals surface area contributed by atoms with Gasteiger partial charge in [-0.15, -0.1) is 5.10 Å². The first-order valence-corrected chi connectivity index (χ1v) is 9.58. The van der Waals surface area contributed by atoms with Crippen molar-refractivity contribution in [2.45, 2.75) is 0 Å². The molecule has 2 aromatic carbocycles. The fourth-order valence-electron chi connectivity index (χ4n) is 1.61. The lowest BCUT2D eigenvalue weighted by atomic mass is 10.3. The molecule has 142 valence electrons. The topological polar surface area (TPSA) is 87.1 Å². The zero-order valence-corrected chi connectivity index (χ0v) is 17.6. The Morgan fingerprint density at radius 1 is 0.889 bits per heavy atom. The van der Waals surface area contributed by atoms with Crippen molar-refractivity contribution in [3.05, 3.63) is 61.6 Å². The molecular weight excluding hydrogens is 478 g/mol. The second kappa shape index (κ2) is 10.2. The van der Waals surface area contributed by atoms with Crippen LogP contribution in [0.4, 0.5) is 15.5 Å². The number of phenolic OH excluding ortho intramolecular Hbond substituents is 1.